The van der Waals surface area contributed by atoms with Crippen LogP contribution < -0.4 is 0 Å². The van der Waals surface area contributed by atoms with Gasteiger partial charge in [-0.05, 0) is 46.6 Å². The highest BCUT2D eigenvalue weighted by molar-refractivity contribution is 5.89. The zero-order valence-electron chi connectivity index (χ0n) is 17.2. The third-order valence-corrected chi connectivity index (χ3v) is 4.72. The first-order valence-electron chi connectivity index (χ1n) is 9.57. The van der Waals surface area contributed by atoms with Crippen molar-refractivity contribution in [2.24, 2.45) is 0 Å². The second-order valence-electron chi connectivity index (χ2n) is 7.77. The molecule has 6 heteroatoms. The highest BCUT2D eigenvalue weighted by Crippen LogP contribution is 2.31. The summed E-state index contributed by atoms with van der Waals surface area (Å²) < 4.78 is 11.2. The SMILES string of the molecule is CCOC(=O)C1=C[C@@H](OC(CC)CC)[C@@H](O)[C@H](N(C(C)=O)C(C)(C)C)C1. The van der Waals surface area contributed by atoms with E-state index in [0.29, 0.717) is 5.57 Å². The lowest BCUT2D eigenvalue weighted by molar-refractivity contribution is -0.150. The van der Waals surface area contributed by atoms with Crippen molar-refractivity contribution in [3.8, 4) is 0 Å². The van der Waals surface area contributed by atoms with Gasteiger partial charge in [-0.15, -0.1) is 0 Å². The van der Waals surface area contributed by atoms with E-state index in [4.69, 9.17) is 9.47 Å². The number of carbonyl (C=O) groups excluding carboxylic acids is 2. The van der Waals surface area contributed by atoms with Gasteiger partial charge in [0.2, 0.25) is 5.91 Å². The van der Waals surface area contributed by atoms with Gasteiger partial charge in [0.15, 0.2) is 0 Å². The predicted octanol–water partition coefficient (Wildman–Crippen LogP) is 2.83. The molecule has 0 bridgehead atoms. The van der Waals surface area contributed by atoms with Crippen LogP contribution in [0.25, 0.3) is 0 Å². The normalized spacial score (nSPS) is 23.6. The number of rotatable bonds is 7. The van der Waals surface area contributed by atoms with E-state index in [1.165, 1.54) is 6.92 Å². The molecular formula is C20H35NO5. The third-order valence-electron chi connectivity index (χ3n) is 4.72. The molecule has 1 aliphatic carbocycles. The topological polar surface area (TPSA) is 76.1 Å². The van der Waals surface area contributed by atoms with E-state index >= 15 is 0 Å². The molecule has 0 spiro atoms. The molecule has 1 aliphatic rings. The van der Waals surface area contributed by atoms with E-state index in [9.17, 15) is 14.7 Å². The average Bonchev–Trinajstić information content (AvgIpc) is 2.54. The highest BCUT2D eigenvalue weighted by atomic mass is 16.5. The van der Waals surface area contributed by atoms with Crippen LogP contribution in [0.4, 0.5) is 0 Å². The zero-order chi connectivity index (χ0) is 20.1. The summed E-state index contributed by atoms with van der Waals surface area (Å²) in [5, 5.41) is 11.0. The average molecular weight is 370 g/mol. The van der Waals surface area contributed by atoms with Crippen molar-refractivity contribution in [1.82, 2.24) is 4.90 Å². The number of esters is 1. The molecule has 0 fully saturated rings. The van der Waals surface area contributed by atoms with Crippen molar-refractivity contribution in [2.75, 3.05) is 6.61 Å². The molecule has 1 amide bonds. The summed E-state index contributed by atoms with van der Waals surface area (Å²) in [7, 11) is 0. The Hall–Kier alpha value is -1.40. The molecule has 0 radical (unpaired) electrons. The summed E-state index contributed by atoms with van der Waals surface area (Å²) in [6, 6.07) is -0.545. The van der Waals surface area contributed by atoms with Crippen LogP contribution in [-0.2, 0) is 19.1 Å². The molecule has 0 aromatic heterocycles. The maximum atomic E-state index is 12.3. The number of hydrogen-bond acceptors (Lipinski definition) is 5. The first-order chi connectivity index (χ1) is 12.1. The Morgan fingerprint density at radius 3 is 2.27 bits per heavy atom. The maximum Gasteiger partial charge on any atom is 0.333 e. The van der Waals surface area contributed by atoms with Crippen LogP contribution in [0.2, 0.25) is 0 Å². The molecule has 3 atom stereocenters. The summed E-state index contributed by atoms with van der Waals surface area (Å²) in [5.74, 6) is -0.562. The Bertz CT molecular complexity index is 519. The number of nitrogens with zero attached hydrogens (tertiary/aromatic N) is 1. The van der Waals surface area contributed by atoms with Crippen molar-refractivity contribution in [1.29, 1.82) is 0 Å². The molecule has 0 aromatic rings. The van der Waals surface area contributed by atoms with Gasteiger partial charge in [-0.2, -0.15) is 0 Å². The second-order valence-corrected chi connectivity index (χ2v) is 7.77. The molecular weight excluding hydrogens is 334 g/mol. The summed E-state index contributed by atoms with van der Waals surface area (Å²) >= 11 is 0. The van der Waals surface area contributed by atoms with E-state index in [0.717, 1.165) is 12.8 Å². The van der Waals surface area contributed by atoms with Crippen LogP contribution in [0.1, 0.15) is 67.7 Å². The first-order valence-corrected chi connectivity index (χ1v) is 9.57. The fraction of sp³-hybridized carbons (Fsp3) is 0.800. The molecule has 1 rings (SSSR count). The Morgan fingerprint density at radius 2 is 1.85 bits per heavy atom. The Labute approximate surface area is 157 Å². The fourth-order valence-corrected chi connectivity index (χ4v) is 3.58. The third kappa shape index (κ3) is 5.55. The van der Waals surface area contributed by atoms with Crippen LogP contribution in [0.15, 0.2) is 11.6 Å². The standard InChI is InChI=1S/C20H35NO5/c1-8-15(9-2)26-17-12-14(19(24)25-10-3)11-16(18(17)23)21(13(4)22)20(5,6)7/h12,15-18,23H,8-11H2,1-7H3/t16-,17-,18+/m1/s1. The van der Waals surface area contributed by atoms with Gasteiger partial charge in [0.05, 0.1) is 18.8 Å². The maximum absolute atomic E-state index is 12.3. The summed E-state index contributed by atoms with van der Waals surface area (Å²) in [4.78, 5) is 26.3. The van der Waals surface area contributed by atoms with Crippen molar-refractivity contribution < 1.29 is 24.2 Å². The lowest BCUT2D eigenvalue weighted by Crippen LogP contribution is -2.59. The van der Waals surface area contributed by atoms with Gasteiger partial charge < -0.3 is 19.5 Å². The fourth-order valence-electron chi connectivity index (χ4n) is 3.58. The van der Waals surface area contributed by atoms with Crippen molar-refractivity contribution in [3.63, 3.8) is 0 Å². The lowest BCUT2D eigenvalue weighted by Gasteiger charge is -2.46. The minimum absolute atomic E-state index is 0.0199. The van der Waals surface area contributed by atoms with Crippen molar-refractivity contribution >= 4 is 11.9 Å². The summed E-state index contributed by atoms with van der Waals surface area (Å²) in [6.07, 6.45) is 1.95. The molecule has 0 unspecified atom stereocenters. The molecule has 150 valence electrons. The molecule has 0 heterocycles. The minimum Gasteiger partial charge on any atom is -0.463 e. The van der Waals surface area contributed by atoms with Crippen LogP contribution >= 0.6 is 0 Å². The van der Waals surface area contributed by atoms with Crippen LogP contribution in [0.5, 0.6) is 0 Å². The quantitative estimate of drug-likeness (QED) is 0.699. The Balaban J connectivity index is 3.26. The van der Waals surface area contributed by atoms with Gasteiger partial charge in [-0.3, -0.25) is 4.79 Å². The molecule has 0 aliphatic heterocycles. The monoisotopic (exact) mass is 369 g/mol. The highest BCUT2D eigenvalue weighted by Gasteiger charge is 2.43. The van der Waals surface area contributed by atoms with Crippen LogP contribution in [0.3, 0.4) is 0 Å². The second kappa shape index (κ2) is 9.51. The van der Waals surface area contributed by atoms with Gasteiger partial charge in [0.1, 0.15) is 12.2 Å². The number of ether oxygens (including phenoxy) is 2. The van der Waals surface area contributed by atoms with E-state index in [-0.39, 0.29) is 25.0 Å². The molecule has 1 N–H and O–H groups in total. The molecule has 0 aromatic carbocycles. The zero-order valence-corrected chi connectivity index (χ0v) is 17.2. The first kappa shape index (κ1) is 22.6. The Morgan fingerprint density at radius 1 is 1.27 bits per heavy atom. The van der Waals surface area contributed by atoms with Crippen LogP contribution in [0, 0.1) is 0 Å². The summed E-state index contributed by atoms with van der Waals surface area (Å²) in [5.41, 5.74) is -0.0396. The molecule has 26 heavy (non-hydrogen) atoms. The van der Waals surface area contributed by atoms with E-state index in [1.54, 1.807) is 17.9 Å². The smallest absolute Gasteiger partial charge is 0.333 e. The van der Waals surface area contributed by atoms with Gasteiger partial charge >= 0.3 is 5.97 Å². The van der Waals surface area contributed by atoms with Gasteiger partial charge in [0, 0.05) is 24.5 Å². The van der Waals surface area contributed by atoms with Crippen molar-refractivity contribution in [3.05, 3.63) is 11.6 Å². The summed E-state index contributed by atoms with van der Waals surface area (Å²) in [6.45, 7) is 13.3. The molecule has 0 saturated heterocycles. The van der Waals surface area contributed by atoms with E-state index < -0.39 is 29.8 Å². The number of carbonyl (C=O) groups is 2. The number of hydrogen-bond donors (Lipinski definition) is 1. The Kier molecular flexibility index (Phi) is 8.28. The van der Waals surface area contributed by atoms with Crippen LogP contribution in [-0.4, -0.2) is 58.4 Å². The predicted molar refractivity (Wildman–Crippen MR) is 101 cm³/mol. The van der Waals surface area contributed by atoms with Gasteiger partial charge in [0.25, 0.3) is 0 Å². The molecule has 6 nitrogen and oxygen atoms in total. The van der Waals surface area contributed by atoms with E-state index in [1.807, 2.05) is 34.6 Å². The number of aliphatic hydroxyl groups is 1. The number of amides is 1. The number of aliphatic hydroxyl groups excluding tert-OH is 1. The van der Waals surface area contributed by atoms with Gasteiger partial charge in [-0.25, -0.2) is 4.79 Å². The van der Waals surface area contributed by atoms with Crippen molar-refractivity contribution in [2.45, 2.75) is 97.6 Å². The molecule has 0 saturated carbocycles. The lowest BCUT2D eigenvalue weighted by atomic mass is 9.86. The largest absolute Gasteiger partial charge is 0.463 e. The minimum atomic E-state index is -0.906. The van der Waals surface area contributed by atoms with Gasteiger partial charge in [-0.1, -0.05) is 13.8 Å². The van der Waals surface area contributed by atoms with E-state index in [2.05, 4.69) is 0 Å².